The summed E-state index contributed by atoms with van der Waals surface area (Å²) in [6.07, 6.45) is 6.80. The Kier molecular flexibility index (Phi) is 5.26. The Hall–Kier alpha value is -3.12. The molecule has 1 unspecified atom stereocenters. The minimum atomic E-state index is -0.629. The van der Waals surface area contributed by atoms with E-state index in [0.717, 1.165) is 67.8 Å². The van der Waals surface area contributed by atoms with Gasteiger partial charge in [0.25, 0.3) is 0 Å². The summed E-state index contributed by atoms with van der Waals surface area (Å²) in [5, 5.41) is 9.62. The molecule has 0 amide bonds. The first-order valence-corrected chi connectivity index (χ1v) is 12.7. The van der Waals surface area contributed by atoms with Gasteiger partial charge in [-0.05, 0) is 87.9 Å². The third-order valence-corrected chi connectivity index (χ3v) is 8.11. The molecule has 1 spiro atoms. The van der Waals surface area contributed by atoms with Gasteiger partial charge in [-0.15, -0.1) is 0 Å². The number of nitrogens with zero attached hydrogens (tertiary/aromatic N) is 2. The number of hydrogen-bond acceptors (Lipinski definition) is 5. The maximum Gasteiger partial charge on any atom is 0.310 e. The highest BCUT2D eigenvalue weighted by Gasteiger charge is 2.53. The first kappa shape index (κ1) is 22.4. The van der Waals surface area contributed by atoms with Gasteiger partial charge in [-0.2, -0.15) is 0 Å². The Morgan fingerprint density at radius 2 is 1.94 bits per heavy atom. The van der Waals surface area contributed by atoms with Crippen LogP contribution in [0.25, 0.3) is 22.8 Å². The number of ether oxygens (including phenoxy) is 1. The van der Waals surface area contributed by atoms with Crippen LogP contribution in [0.2, 0.25) is 0 Å². The summed E-state index contributed by atoms with van der Waals surface area (Å²) in [6.45, 7) is 6.64. The molecule has 2 fully saturated rings. The van der Waals surface area contributed by atoms with Crippen LogP contribution in [0.4, 0.5) is 0 Å². The molecule has 1 atom stereocenters. The van der Waals surface area contributed by atoms with Crippen molar-refractivity contribution in [3.05, 3.63) is 59.8 Å². The third kappa shape index (κ3) is 3.94. The van der Waals surface area contributed by atoms with Crippen LogP contribution >= 0.6 is 0 Å². The molecule has 6 nitrogen and oxygen atoms in total. The van der Waals surface area contributed by atoms with Gasteiger partial charge in [0.2, 0.25) is 5.89 Å². The van der Waals surface area contributed by atoms with Crippen LogP contribution in [0.3, 0.4) is 0 Å². The van der Waals surface area contributed by atoms with Gasteiger partial charge in [-0.1, -0.05) is 18.2 Å². The summed E-state index contributed by atoms with van der Waals surface area (Å²) in [6, 6.07) is 14.4. The number of benzene rings is 2. The number of oxazole rings is 1. The van der Waals surface area contributed by atoms with Crippen LogP contribution in [0.1, 0.15) is 50.7 Å². The molecule has 1 saturated carbocycles. The van der Waals surface area contributed by atoms with E-state index in [9.17, 15) is 9.90 Å². The topological polar surface area (TPSA) is 75.8 Å². The number of fused-ring (bicyclic) bond motifs is 2. The summed E-state index contributed by atoms with van der Waals surface area (Å²) in [5.41, 5.74) is 4.44. The number of carboxylic acid groups (broad SMARTS) is 1. The van der Waals surface area contributed by atoms with Crippen molar-refractivity contribution < 1.29 is 19.1 Å². The molecule has 2 aromatic carbocycles. The third-order valence-electron chi connectivity index (χ3n) is 8.11. The van der Waals surface area contributed by atoms with E-state index in [0.29, 0.717) is 12.4 Å². The molecule has 1 saturated heterocycles. The molecule has 1 N–H and O–H groups in total. The minimum Gasteiger partial charge on any atom is -0.491 e. The number of aromatic nitrogens is 1. The molecule has 0 radical (unpaired) electrons. The van der Waals surface area contributed by atoms with Crippen LogP contribution < -0.4 is 4.74 Å². The van der Waals surface area contributed by atoms with E-state index in [1.165, 1.54) is 11.1 Å². The van der Waals surface area contributed by atoms with Crippen LogP contribution in [0, 0.1) is 5.41 Å². The van der Waals surface area contributed by atoms with Crippen molar-refractivity contribution >= 4 is 5.97 Å². The zero-order valence-electron chi connectivity index (χ0n) is 20.4. The number of hydrogen-bond donors (Lipinski definition) is 1. The molecule has 2 aliphatic carbocycles. The molecule has 1 aliphatic heterocycles. The second kappa shape index (κ2) is 8.23. The van der Waals surface area contributed by atoms with Gasteiger partial charge in [-0.25, -0.2) is 4.98 Å². The first-order valence-electron chi connectivity index (χ1n) is 12.7. The molecule has 182 valence electrons. The van der Waals surface area contributed by atoms with Crippen molar-refractivity contribution in [1.29, 1.82) is 0 Å². The Morgan fingerprint density at radius 3 is 2.66 bits per heavy atom. The fourth-order valence-corrected chi connectivity index (χ4v) is 6.10. The average molecular weight is 473 g/mol. The van der Waals surface area contributed by atoms with E-state index in [1.807, 2.05) is 44.3 Å². The highest BCUT2D eigenvalue weighted by atomic mass is 16.5. The van der Waals surface area contributed by atoms with E-state index in [1.54, 1.807) is 0 Å². The van der Waals surface area contributed by atoms with Crippen molar-refractivity contribution in [3.8, 4) is 28.5 Å². The predicted molar refractivity (Wildman–Crippen MR) is 133 cm³/mol. The fraction of sp³-hybridized carbons (Fsp3) is 0.448. The maximum absolute atomic E-state index is 11.7. The van der Waals surface area contributed by atoms with Crippen molar-refractivity contribution in [2.75, 3.05) is 19.6 Å². The number of carbonyl (C=O) groups is 1. The number of carboxylic acids is 1. The zero-order valence-corrected chi connectivity index (χ0v) is 20.4. The van der Waals surface area contributed by atoms with Crippen LogP contribution in [0.15, 0.2) is 53.1 Å². The van der Waals surface area contributed by atoms with Gasteiger partial charge in [0, 0.05) is 29.6 Å². The van der Waals surface area contributed by atoms with E-state index in [4.69, 9.17) is 9.15 Å². The fourth-order valence-electron chi connectivity index (χ4n) is 6.10. The van der Waals surface area contributed by atoms with E-state index < -0.39 is 11.4 Å². The lowest BCUT2D eigenvalue weighted by molar-refractivity contribution is -0.144. The molecule has 0 bridgehead atoms. The summed E-state index contributed by atoms with van der Waals surface area (Å²) in [7, 11) is 0. The molecule has 2 heterocycles. The highest BCUT2D eigenvalue weighted by molar-refractivity contribution is 5.78. The zero-order chi connectivity index (χ0) is 24.2. The maximum atomic E-state index is 11.7. The number of likely N-dealkylation sites (tertiary alicyclic amines) is 1. The second-order valence-corrected chi connectivity index (χ2v) is 10.9. The Labute approximate surface area is 205 Å². The lowest BCUT2D eigenvalue weighted by Crippen LogP contribution is -2.35. The molecule has 1 aromatic heterocycles. The summed E-state index contributed by atoms with van der Waals surface area (Å²) >= 11 is 0. The van der Waals surface area contributed by atoms with Crippen molar-refractivity contribution in [3.63, 3.8) is 0 Å². The van der Waals surface area contributed by atoms with Crippen LogP contribution in [-0.4, -0.2) is 46.7 Å². The van der Waals surface area contributed by atoms with E-state index in [-0.39, 0.29) is 11.5 Å². The Balaban J connectivity index is 1.23. The van der Waals surface area contributed by atoms with Crippen molar-refractivity contribution in [2.45, 2.75) is 57.5 Å². The normalized spacial score (nSPS) is 22.6. The molecule has 3 aliphatic rings. The van der Waals surface area contributed by atoms with Crippen LogP contribution in [0.5, 0.6) is 5.75 Å². The first-order chi connectivity index (χ1) is 16.9. The quantitative estimate of drug-likeness (QED) is 0.486. The number of rotatable bonds is 7. The van der Waals surface area contributed by atoms with Gasteiger partial charge >= 0.3 is 5.97 Å². The molecular formula is C29H32N2O4. The Bertz CT molecular complexity index is 1260. The number of aliphatic carboxylic acids is 1. The van der Waals surface area contributed by atoms with Gasteiger partial charge < -0.3 is 19.2 Å². The molecule has 6 heteroatoms. The predicted octanol–water partition coefficient (Wildman–Crippen LogP) is 5.55. The summed E-state index contributed by atoms with van der Waals surface area (Å²) in [5.74, 6) is 1.62. The molecular weight excluding hydrogens is 440 g/mol. The lowest BCUT2D eigenvalue weighted by atomic mass is 9.80. The summed E-state index contributed by atoms with van der Waals surface area (Å²) < 4.78 is 12.0. The SMILES string of the molecule is CC(C)Oc1ccc(-c2ncc(-c3cccc4c3CCC43CCN(CC4(C(=O)O)CC4)C3)o2)cc1. The second-order valence-electron chi connectivity index (χ2n) is 10.9. The van der Waals surface area contributed by atoms with Crippen LogP contribution in [-0.2, 0) is 16.6 Å². The van der Waals surface area contributed by atoms with Crippen molar-refractivity contribution in [1.82, 2.24) is 9.88 Å². The lowest BCUT2D eigenvalue weighted by Gasteiger charge is -2.27. The molecule has 35 heavy (non-hydrogen) atoms. The highest BCUT2D eigenvalue weighted by Crippen LogP contribution is 2.51. The summed E-state index contributed by atoms with van der Waals surface area (Å²) in [4.78, 5) is 18.7. The van der Waals surface area contributed by atoms with Gasteiger partial charge in [0.1, 0.15) is 5.75 Å². The van der Waals surface area contributed by atoms with Gasteiger partial charge in [-0.3, -0.25) is 4.79 Å². The largest absolute Gasteiger partial charge is 0.491 e. The molecule has 6 rings (SSSR count). The standard InChI is InChI=1S/C29H32N2O4/c1-19(2)34-21-8-6-20(7-9-21)26-30-16-25(35-26)23-4-3-5-24-22(23)10-11-28(24)14-15-31(17-28)18-29(12-13-29)27(32)33/h3-9,16,19H,10-15,17-18H2,1-2H3,(H,32,33). The molecule has 3 aromatic rings. The average Bonchev–Trinajstić information content (AvgIpc) is 3.17. The minimum absolute atomic E-state index is 0.120. The monoisotopic (exact) mass is 472 g/mol. The smallest absolute Gasteiger partial charge is 0.310 e. The van der Waals surface area contributed by atoms with Crippen molar-refractivity contribution in [2.24, 2.45) is 5.41 Å². The van der Waals surface area contributed by atoms with E-state index >= 15 is 0 Å². The van der Waals surface area contributed by atoms with E-state index in [2.05, 4.69) is 28.1 Å². The van der Waals surface area contributed by atoms with Gasteiger partial charge in [0.05, 0.1) is 17.7 Å². The Morgan fingerprint density at radius 1 is 1.14 bits per heavy atom. The van der Waals surface area contributed by atoms with Gasteiger partial charge in [0.15, 0.2) is 5.76 Å².